The van der Waals surface area contributed by atoms with Crippen molar-refractivity contribution in [2.75, 3.05) is 0 Å². The minimum Gasteiger partial charge on any atom is -0.278 e. The molecule has 0 saturated carbocycles. The summed E-state index contributed by atoms with van der Waals surface area (Å²) < 4.78 is 2.25. The Labute approximate surface area is 176 Å². The number of aromatic nitrogens is 1. The van der Waals surface area contributed by atoms with Crippen LogP contribution in [0, 0.1) is 12.8 Å². The smallest absolute Gasteiger partial charge is 0.230 e. The molecule has 0 N–H and O–H groups in total. The van der Waals surface area contributed by atoms with Crippen LogP contribution in [0.15, 0.2) is 101 Å². The maximum atomic E-state index is 5.20. The van der Waals surface area contributed by atoms with Crippen LogP contribution < -0.4 is 0 Å². The molecule has 146 valence electrons. The maximum absolute atomic E-state index is 5.20. The van der Waals surface area contributed by atoms with Crippen LogP contribution in [-0.2, 0) is 0 Å². The van der Waals surface area contributed by atoms with Gasteiger partial charge in [-0.3, -0.25) is 4.57 Å². The van der Waals surface area contributed by atoms with E-state index < -0.39 is 0 Å². The first kappa shape index (κ1) is 17.4. The molecule has 1 aliphatic heterocycles. The van der Waals surface area contributed by atoms with Gasteiger partial charge < -0.3 is 0 Å². The van der Waals surface area contributed by atoms with Crippen LogP contribution in [0.2, 0.25) is 0 Å². The molecule has 0 spiro atoms. The van der Waals surface area contributed by atoms with Crippen molar-refractivity contribution in [3.8, 4) is 0 Å². The van der Waals surface area contributed by atoms with E-state index in [-0.39, 0.29) is 12.0 Å². The van der Waals surface area contributed by atoms with Crippen molar-refractivity contribution in [1.29, 1.82) is 0 Å². The summed E-state index contributed by atoms with van der Waals surface area (Å²) in [4.78, 5) is 10.3. The molecule has 0 amide bonds. The van der Waals surface area contributed by atoms with Gasteiger partial charge in [-0.15, -0.1) is 0 Å². The first-order valence-corrected chi connectivity index (χ1v) is 10.7. The summed E-state index contributed by atoms with van der Waals surface area (Å²) in [7, 11) is 0. The largest absolute Gasteiger partial charge is 0.278 e. The third kappa shape index (κ3) is 2.66. The van der Waals surface area contributed by atoms with Gasteiger partial charge in [0.1, 0.15) is 0 Å². The van der Waals surface area contributed by atoms with Crippen molar-refractivity contribution in [2.45, 2.75) is 25.8 Å². The number of rotatable bonds is 1. The van der Waals surface area contributed by atoms with E-state index in [0.29, 0.717) is 0 Å². The Morgan fingerprint density at radius 2 is 1.80 bits per heavy atom. The standard InChI is InChI=1S/C27H23N3/c1-18-15-16-21-20-11-6-8-14-24(20)30(25(21)17-18)27-28-23-13-7-5-12-22(23)26(29-27)19-9-3-2-4-10-19/h2-3,5-9,11-17,22-23H,4,10H2,1H3. The molecule has 2 aliphatic carbocycles. The highest BCUT2D eigenvalue weighted by Crippen LogP contribution is 2.33. The predicted octanol–water partition coefficient (Wildman–Crippen LogP) is 6.15. The number of hydrogen-bond donors (Lipinski definition) is 0. The van der Waals surface area contributed by atoms with Gasteiger partial charge in [0.2, 0.25) is 5.96 Å². The number of para-hydroxylation sites is 1. The first-order chi connectivity index (χ1) is 14.8. The highest BCUT2D eigenvalue weighted by atomic mass is 15.2. The van der Waals surface area contributed by atoms with Crippen molar-refractivity contribution in [3.63, 3.8) is 0 Å². The van der Waals surface area contributed by atoms with Gasteiger partial charge in [0.05, 0.1) is 22.8 Å². The predicted molar refractivity (Wildman–Crippen MR) is 126 cm³/mol. The van der Waals surface area contributed by atoms with E-state index in [2.05, 4.69) is 96.5 Å². The van der Waals surface area contributed by atoms with Crippen LogP contribution in [0.5, 0.6) is 0 Å². The molecule has 1 aromatic heterocycles. The van der Waals surface area contributed by atoms with Crippen molar-refractivity contribution in [2.24, 2.45) is 15.9 Å². The lowest BCUT2D eigenvalue weighted by molar-refractivity contribution is 0.698. The van der Waals surface area contributed by atoms with Crippen molar-refractivity contribution in [3.05, 3.63) is 96.1 Å². The fourth-order valence-corrected chi connectivity index (χ4v) is 4.82. The molecule has 0 saturated heterocycles. The molecule has 2 atom stereocenters. The van der Waals surface area contributed by atoms with E-state index in [4.69, 9.17) is 9.98 Å². The second kappa shape index (κ2) is 6.81. The highest BCUT2D eigenvalue weighted by molar-refractivity contribution is 6.18. The molecule has 6 rings (SSSR count). The Morgan fingerprint density at radius 1 is 0.933 bits per heavy atom. The molecule has 3 aromatic rings. The van der Waals surface area contributed by atoms with Gasteiger partial charge in [-0.05, 0) is 43.0 Å². The van der Waals surface area contributed by atoms with E-state index in [1.54, 1.807) is 0 Å². The summed E-state index contributed by atoms with van der Waals surface area (Å²) in [6.07, 6.45) is 17.4. The van der Waals surface area contributed by atoms with Gasteiger partial charge in [0.15, 0.2) is 0 Å². The number of nitrogens with zero attached hydrogens (tertiary/aromatic N) is 3. The molecule has 2 aromatic carbocycles. The van der Waals surface area contributed by atoms with Crippen LogP contribution >= 0.6 is 0 Å². The van der Waals surface area contributed by atoms with Gasteiger partial charge in [-0.1, -0.05) is 72.9 Å². The topological polar surface area (TPSA) is 29.6 Å². The third-order valence-corrected chi connectivity index (χ3v) is 6.28. The minimum absolute atomic E-state index is 0.0883. The number of aliphatic imine (C=N–C) groups is 2. The molecule has 30 heavy (non-hydrogen) atoms. The average molecular weight is 390 g/mol. The number of aryl methyl sites for hydroxylation is 1. The molecular formula is C27H23N3. The minimum atomic E-state index is 0.0883. The van der Waals surface area contributed by atoms with Crippen molar-refractivity contribution in [1.82, 2.24) is 4.57 Å². The Morgan fingerprint density at radius 3 is 2.70 bits per heavy atom. The molecule has 3 heteroatoms. The zero-order valence-corrected chi connectivity index (χ0v) is 17.0. The van der Waals surface area contributed by atoms with Gasteiger partial charge in [-0.2, -0.15) is 0 Å². The van der Waals surface area contributed by atoms with Crippen molar-refractivity contribution >= 4 is 33.5 Å². The Kier molecular flexibility index (Phi) is 3.95. The van der Waals surface area contributed by atoms with Crippen LogP contribution in [0.25, 0.3) is 21.8 Å². The van der Waals surface area contributed by atoms with E-state index in [9.17, 15) is 0 Å². The first-order valence-electron chi connectivity index (χ1n) is 10.7. The SMILES string of the molecule is Cc1ccc2c3ccccc3n(C3=NC4C=CC=CC4C(C4=CC=CCC4)=N3)c2c1. The van der Waals surface area contributed by atoms with E-state index in [1.807, 2.05) is 0 Å². The van der Waals surface area contributed by atoms with E-state index >= 15 is 0 Å². The molecule has 0 fully saturated rings. The Hall–Kier alpha value is -3.46. The van der Waals surface area contributed by atoms with Gasteiger partial charge in [0, 0.05) is 16.7 Å². The quantitative estimate of drug-likeness (QED) is 0.478. The van der Waals surface area contributed by atoms with Crippen LogP contribution in [-0.4, -0.2) is 22.3 Å². The lowest BCUT2D eigenvalue weighted by atomic mass is 9.84. The molecule has 0 radical (unpaired) electrons. The highest BCUT2D eigenvalue weighted by Gasteiger charge is 2.31. The average Bonchev–Trinajstić information content (AvgIpc) is 3.12. The summed E-state index contributed by atoms with van der Waals surface area (Å²) in [5.41, 5.74) is 6.06. The fourth-order valence-electron chi connectivity index (χ4n) is 4.82. The maximum Gasteiger partial charge on any atom is 0.230 e. The van der Waals surface area contributed by atoms with Gasteiger partial charge in [0.25, 0.3) is 0 Å². The lowest BCUT2D eigenvalue weighted by Crippen LogP contribution is -2.34. The zero-order valence-electron chi connectivity index (χ0n) is 17.0. The third-order valence-electron chi connectivity index (χ3n) is 6.28. The second-order valence-electron chi connectivity index (χ2n) is 8.24. The molecule has 2 heterocycles. The summed E-state index contributed by atoms with van der Waals surface area (Å²) >= 11 is 0. The Bertz CT molecular complexity index is 1360. The second-order valence-corrected chi connectivity index (χ2v) is 8.24. The summed E-state index contributed by atoms with van der Waals surface area (Å²) in [5.74, 6) is 1.00. The summed E-state index contributed by atoms with van der Waals surface area (Å²) in [6, 6.07) is 15.3. The van der Waals surface area contributed by atoms with E-state index in [0.717, 1.165) is 30.0 Å². The molecule has 3 nitrogen and oxygen atoms in total. The molecular weight excluding hydrogens is 366 g/mol. The zero-order chi connectivity index (χ0) is 20.1. The van der Waals surface area contributed by atoms with E-state index in [1.165, 1.54) is 27.4 Å². The monoisotopic (exact) mass is 389 g/mol. The van der Waals surface area contributed by atoms with Gasteiger partial charge >= 0.3 is 0 Å². The molecule has 2 unspecified atom stereocenters. The van der Waals surface area contributed by atoms with Gasteiger partial charge in [-0.25, -0.2) is 9.98 Å². The van der Waals surface area contributed by atoms with Crippen LogP contribution in [0.4, 0.5) is 0 Å². The number of benzene rings is 2. The molecule has 0 bridgehead atoms. The normalized spacial score (nSPS) is 22.8. The van der Waals surface area contributed by atoms with Crippen LogP contribution in [0.1, 0.15) is 18.4 Å². The number of allylic oxidation sites excluding steroid dienone is 6. The lowest BCUT2D eigenvalue weighted by Gasteiger charge is -2.29. The molecule has 3 aliphatic rings. The number of fused-ring (bicyclic) bond motifs is 4. The van der Waals surface area contributed by atoms with Crippen molar-refractivity contribution < 1.29 is 0 Å². The number of hydrogen-bond acceptors (Lipinski definition) is 2. The summed E-state index contributed by atoms with van der Waals surface area (Å²) in [6.45, 7) is 2.14. The summed E-state index contributed by atoms with van der Waals surface area (Å²) in [5, 5.41) is 2.49. The Balaban J connectivity index is 1.63. The van der Waals surface area contributed by atoms with Crippen LogP contribution in [0.3, 0.4) is 0 Å². The fraction of sp³-hybridized carbons (Fsp3) is 0.185.